The molecule has 0 fully saturated rings. The second kappa shape index (κ2) is 6.04. The van der Waals surface area contributed by atoms with Crippen LogP contribution in [-0.4, -0.2) is 22.8 Å². The molecule has 100 valence electrons. The van der Waals surface area contributed by atoms with Crippen molar-refractivity contribution < 1.29 is 9.53 Å². The molecule has 5 heteroatoms. The minimum Gasteiger partial charge on any atom is -0.453 e. The van der Waals surface area contributed by atoms with Crippen molar-refractivity contribution in [3.63, 3.8) is 0 Å². The first-order chi connectivity index (χ1) is 9.26. The van der Waals surface area contributed by atoms with Crippen molar-refractivity contribution in [2.24, 2.45) is 0 Å². The number of carbonyl (C=O) groups excluding carboxylic acids is 1. The Kier molecular flexibility index (Phi) is 4.18. The number of benzene rings is 1. The number of carbonyl (C=O) groups is 1. The molecule has 0 aliphatic heterocycles. The van der Waals surface area contributed by atoms with Crippen LogP contribution in [0, 0.1) is 0 Å². The van der Waals surface area contributed by atoms with Crippen LogP contribution in [0.5, 0.6) is 0 Å². The number of methoxy groups -OCH3 is 1. The van der Waals surface area contributed by atoms with Gasteiger partial charge in [0.1, 0.15) is 11.9 Å². The smallest absolute Gasteiger partial charge is 0.407 e. The van der Waals surface area contributed by atoms with Gasteiger partial charge in [0.05, 0.1) is 7.11 Å². The van der Waals surface area contributed by atoms with Crippen LogP contribution in [0.1, 0.15) is 24.4 Å². The maximum Gasteiger partial charge on any atom is 0.407 e. The quantitative estimate of drug-likeness (QED) is 0.917. The van der Waals surface area contributed by atoms with Crippen molar-refractivity contribution in [3.05, 3.63) is 54.1 Å². The molecule has 1 aromatic heterocycles. The van der Waals surface area contributed by atoms with Crippen molar-refractivity contribution in [3.8, 4) is 0 Å². The number of hydrogen-bond acceptors (Lipinski definition) is 3. The highest BCUT2D eigenvalue weighted by Crippen LogP contribution is 2.20. The van der Waals surface area contributed by atoms with E-state index in [0.29, 0.717) is 0 Å². The Morgan fingerprint density at radius 3 is 2.79 bits per heavy atom. The van der Waals surface area contributed by atoms with Crippen LogP contribution in [0.15, 0.2) is 42.7 Å². The van der Waals surface area contributed by atoms with Crippen LogP contribution in [0.25, 0.3) is 0 Å². The first-order valence-electron chi connectivity index (χ1n) is 6.16. The molecule has 0 radical (unpaired) electrons. The summed E-state index contributed by atoms with van der Waals surface area (Å²) in [5.74, 6) is 0.791. The minimum atomic E-state index is -0.473. The number of nitrogens with one attached hydrogen (secondary N) is 1. The Bertz CT molecular complexity index is 537. The maximum atomic E-state index is 11.5. The fourth-order valence-electron chi connectivity index (χ4n) is 1.97. The Balaban J connectivity index is 2.37. The Morgan fingerprint density at radius 1 is 1.42 bits per heavy atom. The molecule has 5 nitrogen and oxygen atoms in total. The topological polar surface area (TPSA) is 56.2 Å². The number of nitrogens with zero attached hydrogens (tertiary/aromatic N) is 2. The Labute approximate surface area is 112 Å². The van der Waals surface area contributed by atoms with Gasteiger partial charge in [-0.1, -0.05) is 30.3 Å². The molecule has 2 rings (SSSR count). The van der Waals surface area contributed by atoms with Gasteiger partial charge in [0.2, 0.25) is 0 Å². The highest BCUT2D eigenvalue weighted by atomic mass is 16.5. The number of ether oxygens (including phenoxy) is 1. The summed E-state index contributed by atoms with van der Waals surface area (Å²) in [6.07, 6.45) is 3.15. The van der Waals surface area contributed by atoms with Gasteiger partial charge in [-0.05, 0) is 12.5 Å². The van der Waals surface area contributed by atoms with Gasteiger partial charge in [-0.15, -0.1) is 0 Å². The van der Waals surface area contributed by atoms with E-state index in [1.165, 1.54) is 7.11 Å². The molecular formula is C14H17N3O2. The van der Waals surface area contributed by atoms with Gasteiger partial charge in [0, 0.05) is 18.9 Å². The molecule has 0 bridgehead atoms. The molecule has 19 heavy (non-hydrogen) atoms. The average Bonchev–Trinajstić information content (AvgIpc) is 2.93. The van der Waals surface area contributed by atoms with Crippen molar-refractivity contribution in [2.75, 3.05) is 7.11 Å². The number of alkyl carbamates (subject to hydrolysis) is 1. The monoisotopic (exact) mass is 259 g/mol. The minimum absolute atomic E-state index is 0.316. The van der Waals surface area contributed by atoms with Crippen LogP contribution in [0.3, 0.4) is 0 Å². The zero-order chi connectivity index (χ0) is 13.7. The molecule has 0 saturated heterocycles. The summed E-state index contributed by atoms with van der Waals surface area (Å²) in [5.41, 5.74) is 0.966. The molecule has 1 amide bonds. The molecule has 1 aromatic carbocycles. The highest BCUT2D eigenvalue weighted by Gasteiger charge is 2.21. The standard InChI is InChI=1S/C14H17N3O2/c1-3-17-10-9-15-13(17)12(16-14(18)19-2)11-7-5-4-6-8-11/h4-10,12H,3H2,1-2H3,(H,16,18). The fourth-order valence-corrected chi connectivity index (χ4v) is 1.97. The largest absolute Gasteiger partial charge is 0.453 e. The van der Waals surface area contributed by atoms with E-state index >= 15 is 0 Å². The van der Waals surface area contributed by atoms with Crippen LogP contribution < -0.4 is 5.32 Å². The fraction of sp³-hybridized carbons (Fsp3) is 0.286. The summed E-state index contributed by atoms with van der Waals surface area (Å²) in [4.78, 5) is 15.9. The number of aryl methyl sites for hydroxylation is 1. The summed E-state index contributed by atoms with van der Waals surface area (Å²) in [6, 6.07) is 9.39. The Morgan fingerprint density at radius 2 is 2.16 bits per heavy atom. The molecule has 0 spiro atoms. The molecule has 0 aliphatic rings. The van der Waals surface area contributed by atoms with Gasteiger partial charge < -0.3 is 14.6 Å². The number of rotatable bonds is 4. The van der Waals surface area contributed by atoms with Gasteiger partial charge in [0.25, 0.3) is 0 Å². The van der Waals surface area contributed by atoms with E-state index < -0.39 is 6.09 Å². The predicted octanol–water partition coefficient (Wildman–Crippen LogP) is 2.35. The van der Waals surface area contributed by atoms with E-state index in [9.17, 15) is 4.79 Å². The average molecular weight is 259 g/mol. The number of hydrogen-bond donors (Lipinski definition) is 1. The van der Waals surface area contributed by atoms with Gasteiger partial charge >= 0.3 is 6.09 Å². The van der Waals surface area contributed by atoms with E-state index in [2.05, 4.69) is 15.0 Å². The van der Waals surface area contributed by atoms with Crippen LogP contribution in [-0.2, 0) is 11.3 Å². The molecular weight excluding hydrogens is 242 g/mol. The predicted molar refractivity (Wildman–Crippen MR) is 71.7 cm³/mol. The van der Waals surface area contributed by atoms with Gasteiger partial charge in [-0.3, -0.25) is 0 Å². The molecule has 1 unspecified atom stereocenters. The first-order valence-corrected chi connectivity index (χ1v) is 6.16. The summed E-state index contributed by atoms with van der Waals surface area (Å²) >= 11 is 0. The molecule has 1 atom stereocenters. The number of imidazole rings is 1. The zero-order valence-electron chi connectivity index (χ0n) is 11.0. The zero-order valence-corrected chi connectivity index (χ0v) is 11.0. The lowest BCUT2D eigenvalue weighted by molar-refractivity contribution is 0.167. The van der Waals surface area contributed by atoms with E-state index in [-0.39, 0.29) is 6.04 Å². The van der Waals surface area contributed by atoms with Crippen molar-refractivity contribution in [2.45, 2.75) is 19.5 Å². The summed E-state index contributed by atoms with van der Waals surface area (Å²) in [6.45, 7) is 2.83. The third-order valence-corrected chi connectivity index (χ3v) is 2.93. The van der Waals surface area contributed by atoms with Crippen LogP contribution in [0.4, 0.5) is 4.79 Å². The molecule has 2 aromatic rings. The first kappa shape index (κ1) is 13.1. The van der Waals surface area contributed by atoms with Crippen LogP contribution in [0.2, 0.25) is 0 Å². The number of aromatic nitrogens is 2. The van der Waals surface area contributed by atoms with Gasteiger partial charge in [-0.2, -0.15) is 0 Å². The highest BCUT2D eigenvalue weighted by molar-refractivity contribution is 5.68. The summed E-state index contributed by atoms with van der Waals surface area (Å²) < 4.78 is 6.68. The van der Waals surface area contributed by atoms with Gasteiger partial charge in [0.15, 0.2) is 0 Å². The maximum absolute atomic E-state index is 11.5. The molecule has 1 heterocycles. The lowest BCUT2D eigenvalue weighted by atomic mass is 10.1. The Hall–Kier alpha value is -2.30. The SMILES string of the molecule is CCn1ccnc1C(NC(=O)OC)c1ccccc1. The van der Waals surface area contributed by atoms with Gasteiger partial charge in [-0.25, -0.2) is 9.78 Å². The van der Waals surface area contributed by atoms with E-state index in [1.807, 2.05) is 48.0 Å². The molecule has 0 saturated carbocycles. The van der Waals surface area contributed by atoms with E-state index in [1.54, 1.807) is 6.20 Å². The third kappa shape index (κ3) is 2.93. The third-order valence-electron chi connectivity index (χ3n) is 2.93. The van der Waals surface area contributed by atoms with E-state index in [0.717, 1.165) is 17.9 Å². The summed E-state index contributed by atoms with van der Waals surface area (Å²) in [5, 5.41) is 2.82. The van der Waals surface area contributed by atoms with Crippen LogP contribution >= 0.6 is 0 Å². The number of amides is 1. The lowest BCUT2D eigenvalue weighted by Gasteiger charge is -2.19. The van der Waals surface area contributed by atoms with Crippen molar-refractivity contribution >= 4 is 6.09 Å². The summed E-state index contributed by atoms with van der Waals surface area (Å²) in [7, 11) is 1.35. The second-order valence-electron chi connectivity index (χ2n) is 4.05. The van der Waals surface area contributed by atoms with E-state index in [4.69, 9.17) is 0 Å². The molecule has 1 N–H and O–H groups in total. The van der Waals surface area contributed by atoms with Crippen molar-refractivity contribution in [1.82, 2.24) is 14.9 Å². The van der Waals surface area contributed by atoms with Crippen molar-refractivity contribution in [1.29, 1.82) is 0 Å². The molecule has 0 aliphatic carbocycles. The normalized spacial score (nSPS) is 11.9. The lowest BCUT2D eigenvalue weighted by Crippen LogP contribution is -2.31. The second-order valence-corrected chi connectivity index (χ2v) is 4.05.